The summed E-state index contributed by atoms with van der Waals surface area (Å²) < 4.78 is 5.07. The van der Waals surface area contributed by atoms with E-state index in [4.69, 9.17) is 10.2 Å². The Hall–Kier alpha value is -1.84. The Balaban J connectivity index is 2.82. The molecule has 1 aromatic heterocycles. The highest BCUT2D eigenvalue weighted by Gasteiger charge is 2.10. The zero-order chi connectivity index (χ0) is 9.42. The molecule has 1 aromatic carbocycles. The van der Waals surface area contributed by atoms with Crippen LogP contribution in [0.3, 0.4) is 0 Å². The summed E-state index contributed by atoms with van der Waals surface area (Å²) >= 11 is 0. The van der Waals surface area contributed by atoms with Gasteiger partial charge in [0, 0.05) is 5.56 Å². The summed E-state index contributed by atoms with van der Waals surface area (Å²) in [5.41, 5.74) is 6.99. The van der Waals surface area contributed by atoms with Crippen LogP contribution in [0.15, 0.2) is 22.6 Å². The smallest absolute Gasteiger partial charge is 0.293 e. The third-order valence-corrected chi connectivity index (χ3v) is 1.81. The quantitative estimate of drug-likeness (QED) is 0.670. The Morgan fingerprint density at radius 2 is 2.31 bits per heavy atom. The van der Waals surface area contributed by atoms with E-state index in [0.29, 0.717) is 16.7 Å². The highest BCUT2D eigenvalue weighted by atomic mass is 16.4. The van der Waals surface area contributed by atoms with Crippen LogP contribution >= 0.6 is 0 Å². The number of carbonyl (C=O) groups excluding carboxylic acids is 1. The van der Waals surface area contributed by atoms with Crippen LogP contribution in [0.5, 0.6) is 0 Å². The first-order valence-electron chi connectivity index (χ1n) is 3.84. The topological polar surface area (TPSA) is 69.1 Å². The Bertz CT molecular complexity index is 473. The maximum Gasteiger partial charge on any atom is 0.293 e. The molecule has 0 fully saturated rings. The number of benzene rings is 1. The number of Topliss-reactive ketones (excluding diaryl/α,β-unsaturated/α-hetero) is 1. The molecule has 0 bridgehead atoms. The van der Waals surface area contributed by atoms with Gasteiger partial charge in [-0.25, -0.2) is 0 Å². The molecule has 0 saturated carbocycles. The van der Waals surface area contributed by atoms with Gasteiger partial charge in [0.05, 0.1) is 0 Å². The summed E-state index contributed by atoms with van der Waals surface area (Å²) in [4.78, 5) is 15.1. The SMILES string of the molecule is CC(=O)c1cccc2oc(N)nc12. The number of nitrogens with zero attached hydrogens (tertiary/aromatic N) is 1. The Morgan fingerprint density at radius 1 is 1.54 bits per heavy atom. The molecule has 66 valence electrons. The minimum atomic E-state index is -0.0427. The van der Waals surface area contributed by atoms with Crippen LogP contribution in [0, 0.1) is 0 Å². The van der Waals surface area contributed by atoms with E-state index in [1.165, 1.54) is 6.92 Å². The molecular weight excluding hydrogens is 168 g/mol. The number of anilines is 1. The first kappa shape index (κ1) is 7.79. The molecule has 0 spiro atoms. The highest BCUT2D eigenvalue weighted by molar-refractivity contribution is 6.04. The Labute approximate surface area is 74.4 Å². The molecule has 2 rings (SSSR count). The first-order valence-corrected chi connectivity index (χ1v) is 3.84. The lowest BCUT2D eigenvalue weighted by Gasteiger charge is -1.93. The standard InChI is InChI=1S/C9H8N2O2/c1-5(12)6-3-2-4-7-8(6)11-9(10)13-7/h2-4H,1H3,(H2,10,11). The lowest BCUT2D eigenvalue weighted by molar-refractivity contribution is 0.101. The van der Waals surface area contributed by atoms with E-state index in [1.807, 2.05) is 0 Å². The van der Waals surface area contributed by atoms with Crippen LogP contribution in [0.25, 0.3) is 11.1 Å². The summed E-state index contributed by atoms with van der Waals surface area (Å²) in [6.07, 6.45) is 0. The van der Waals surface area contributed by atoms with Crippen LogP contribution in [-0.2, 0) is 0 Å². The van der Waals surface area contributed by atoms with Crippen molar-refractivity contribution in [1.82, 2.24) is 4.98 Å². The summed E-state index contributed by atoms with van der Waals surface area (Å²) in [6.45, 7) is 1.49. The highest BCUT2D eigenvalue weighted by Crippen LogP contribution is 2.20. The summed E-state index contributed by atoms with van der Waals surface area (Å²) in [5.74, 6) is -0.0427. The average Bonchev–Trinajstić information content (AvgIpc) is 2.43. The van der Waals surface area contributed by atoms with Crippen molar-refractivity contribution in [3.8, 4) is 0 Å². The van der Waals surface area contributed by atoms with Crippen LogP contribution < -0.4 is 5.73 Å². The number of rotatable bonds is 1. The van der Waals surface area contributed by atoms with Crippen molar-refractivity contribution in [3.63, 3.8) is 0 Å². The van der Waals surface area contributed by atoms with Gasteiger partial charge in [-0.05, 0) is 19.1 Å². The number of nitrogen functional groups attached to an aromatic ring is 1. The predicted molar refractivity (Wildman–Crippen MR) is 48.4 cm³/mol. The largest absolute Gasteiger partial charge is 0.424 e. The molecular formula is C9H8N2O2. The number of hydrogen-bond acceptors (Lipinski definition) is 4. The molecule has 0 aliphatic heterocycles. The second-order valence-electron chi connectivity index (χ2n) is 2.76. The molecule has 13 heavy (non-hydrogen) atoms. The lowest BCUT2D eigenvalue weighted by Crippen LogP contribution is -1.92. The van der Waals surface area contributed by atoms with Crippen molar-refractivity contribution in [2.24, 2.45) is 0 Å². The van der Waals surface area contributed by atoms with E-state index in [1.54, 1.807) is 18.2 Å². The normalized spacial score (nSPS) is 10.5. The monoisotopic (exact) mass is 176 g/mol. The molecule has 0 aliphatic carbocycles. The molecule has 0 unspecified atom stereocenters. The van der Waals surface area contributed by atoms with Crippen LogP contribution in [0.1, 0.15) is 17.3 Å². The number of hydrogen-bond donors (Lipinski definition) is 1. The second-order valence-corrected chi connectivity index (χ2v) is 2.76. The van der Waals surface area contributed by atoms with E-state index < -0.39 is 0 Å². The number of carbonyl (C=O) groups is 1. The minimum absolute atomic E-state index is 0.0427. The van der Waals surface area contributed by atoms with Gasteiger partial charge in [0.25, 0.3) is 6.01 Å². The molecule has 1 heterocycles. The molecule has 0 amide bonds. The Kier molecular flexibility index (Phi) is 1.55. The van der Waals surface area contributed by atoms with Crippen LogP contribution in [0.4, 0.5) is 6.01 Å². The van der Waals surface area contributed by atoms with Gasteiger partial charge in [-0.2, -0.15) is 4.98 Å². The molecule has 2 aromatic rings. The summed E-state index contributed by atoms with van der Waals surface area (Å²) in [6, 6.07) is 5.25. The first-order chi connectivity index (χ1) is 6.18. The average molecular weight is 176 g/mol. The lowest BCUT2D eigenvalue weighted by atomic mass is 10.1. The number of nitrogens with two attached hydrogens (primary N) is 1. The number of fused-ring (bicyclic) bond motifs is 1. The van der Waals surface area contributed by atoms with Crippen molar-refractivity contribution in [2.75, 3.05) is 5.73 Å². The zero-order valence-corrected chi connectivity index (χ0v) is 7.07. The second kappa shape index (κ2) is 2.58. The molecule has 4 nitrogen and oxygen atoms in total. The van der Waals surface area contributed by atoms with Gasteiger partial charge in [-0.3, -0.25) is 4.79 Å². The van der Waals surface area contributed by atoms with Crippen molar-refractivity contribution in [1.29, 1.82) is 0 Å². The van der Waals surface area contributed by atoms with Gasteiger partial charge in [-0.15, -0.1) is 0 Å². The molecule has 2 N–H and O–H groups in total. The summed E-state index contributed by atoms with van der Waals surface area (Å²) in [5, 5.41) is 0. The van der Waals surface area contributed by atoms with Gasteiger partial charge < -0.3 is 10.2 Å². The van der Waals surface area contributed by atoms with Gasteiger partial charge in [0.15, 0.2) is 11.4 Å². The third kappa shape index (κ3) is 1.16. The van der Waals surface area contributed by atoms with E-state index >= 15 is 0 Å². The fourth-order valence-corrected chi connectivity index (χ4v) is 1.25. The predicted octanol–water partition coefficient (Wildman–Crippen LogP) is 1.61. The minimum Gasteiger partial charge on any atom is -0.424 e. The van der Waals surface area contributed by atoms with Crippen molar-refractivity contribution in [2.45, 2.75) is 6.92 Å². The zero-order valence-electron chi connectivity index (χ0n) is 7.07. The number of oxazole rings is 1. The third-order valence-electron chi connectivity index (χ3n) is 1.81. The summed E-state index contributed by atoms with van der Waals surface area (Å²) in [7, 11) is 0. The molecule has 0 radical (unpaired) electrons. The fraction of sp³-hybridized carbons (Fsp3) is 0.111. The van der Waals surface area contributed by atoms with Gasteiger partial charge in [0.1, 0.15) is 5.52 Å². The molecule has 4 heteroatoms. The van der Waals surface area contributed by atoms with Crippen LogP contribution in [-0.4, -0.2) is 10.8 Å². The number of ketones is 1. The van der Waals surface area contributed by atoms with Gasteiger partial charge in [-0.1, -0.05) is 6.07 Å². The van der Waals surface area contributed by atoms with Gasteiger partial charge >= 0.3 is 0 Å². The van der Waals surface area contributed by atoms with E-state index in [9.17, 15) is 4.79 Å². The van der Waals surface area contributed by atoms with Crippen molar-refractivity contribution < 1.29 is 9.21 Å². The van der Waals surface area contributed by atoms with Crippen molar-refractivity contribution >= 4 is 22.9 Å². The maximum atomic E-state index is 11.1. The van der Waals surface area contributed by atoms with E-state index in [0.717, 1.165) is 0 Å². The van der Waals surface area contributed by atoms with E-state index in [2.05, 4.69) is 4.98 Å². The van der Waals surface area contributed by atoms with E-state index in [-0.39, 0.29) is 11.8 Å². The van der Waals surface area contributed by atoms with Gasteiger partial charge in [0.2, 0.25) is 0 Å². The number of para-hydroxylation sites is 1. The maximum absolute atomic E-state index is 11.1. The number of aromatic nitrogens is 1. The molecule has 0 atom stereocenters. The fourth-order valence-electron chi connectivity index (χ4n) is 1.25. The van der Waals surface area contributed by atoms with Crippen LogP contribution in [0.2, 0.25) is 0 Å². The Morgan fingerprint density at radius 3 is 3.00 bits per heavy atom. The molecule has 0 aliphatic rings. The molecule has 0 saturated heterocycles. The van der Waals surface area contributed by atoms with Crippen molar-refractivity contribution in [3.05, 3.63) is 23.8 Å².